The first-order valence-electron chi connectivity index (χ1n) is 6.09. The van der Waals surface area contributed by atoms with Gasteiger partial charge in [-0.2, -0.15) is 11.8 Å². The summed E-state index contributed by atoms with van der Waals surface area (Å²) in [4.78, 5) is 24.2. The zero-order valence-corrected chi connectivity index (χ0v) is 11.2. The molecule has 1 aliphatic heterocycles. The predicted molar refractivity (Wildman–Crippen MR) is 72.9 cm³/mol. The number of aliphatic carboxylic acids is 1. The van der Waals surface area contributed by atoms with Crippen LogP contribution in [0.5, 0.6) is 0 Å². The Morgan fingerprint density at radius 1 is 1.44 bits per heavy atom. The van der Waals surface area contributed by atoms with Crippen LogP contribution in [0.2, 0.25) is 0 Å². The average Bonchev–Trinajstić information content (AvgIpc) is 2.38. The summed E-state index contributed by atoms with van der Waals surface area (Å²) in [6.07, 6.45) is 2.94. The lowest BCUT2D eigenvalue weighted by Crippen LogP contribution is -2.46. The topological polar surface area (TPSA) is 69.6 Å². The molecule has 102 valence electrons. The maximum Gasteiger partial charge on any atom is 0.317 e. The number of urea groups is 1. The molecule has 18 heavy (non-hydrogen) atoms. The van der Waals surface area contributed by atoms with Crippen LogP contribution in [-0.2, 0) is 4.79 Å². The Morgan fingerprint density at radius 2 is 2.11 bits per heavy atom. The van der Waals surface area contributed by atoms with Gasteiger partial charge in [0.1, 0.15) is 0 Å². The van der Waals surface area contributed by atoms with Gasteiger partial charge in [0.25, 0.3) is 0 Å². The van der Waals surface area contributed by atoms with Gasteiger partial charge in [-0.15, -0.1) is 6.58 Å². The number of amides is 2. The van der Waals surface area contributed by atoms with Crippen molar-refractivity contribution in [3.05, 3.63) is 12.7 Å². The quantitative estimate of drug-likeness (QED) is 0.566. The van der Waals surface area contributed by atoms with E-state index >= 15 is 0 Å². The van der Waals surface area contributed by atoms with E-state index in [0.717, 1.165) is 11.5 Å². The highest BCUT2D eigenvalue weighted by Crippen LogP contribution is 2.17. The van der Waals surface area contributed by atoms with Crippen LogP contribution in [0.4, 0.5) is 4.79 Å². The van der Waals surface area contributed by atoms with E-state index in [4.69, 9.17) is 5.11 Å². The molecule has 2 amide bonds. The third-order valence-electron chi connectivity index (χ3n) is 2.89. The average molecular weight is 272 g/mol. The third kappa shape index (κ3) is 5.00. The summed E-state index contributed by atoms with van der Waals surface area (Å²) >= 11 is 1.72. The van der Waals surface area contributed by atoms with E-state index < -0.39 is 5.97 Å². The van der Waals surface area contributed by atoms with E-state index in [1.165, 1.54) is 0 Å². The van der Waals surface area contributed by atoms with Crippen LogP contribution in [0.15, 0.2) is 12.7 Å². The zero-order chi connectivity index (χ0) is 13.4. The number of thioether (sulfide) groups is 1. The maximum absolute atomic E-state index is 11.7. The minimum atomic E-state index is -0.754. The first kappa shape index (κ1) is 14.9. The van der Waals surface area contributed by atoms with Crippen molar-refractivity contribution in [1.82, 2.24) is 10.2 Å². The summed E-state index contributed by atoms with van der Waals surface area (Å²) in [6.45, 7) is 5.32. The monoisotopic (exact) mass is 272 g/mol. The molecular weight excluding hydrogens is 252 g/mol. The molecule has 0 aromatic carbocycles. The maximum atomic E-state index is 11.7. The number of carbonyl (C=O) groups is 2. The van der Waals surface area contributed by atoms with E-state index in [1.807, 2.05) is 6.08 Å². The first-order valence-corrected chi connectivity index (χ1v) is 7.25. The van der Waals surface area contributed by atoms with Crippen molar-refractivity contribution in [2.24, 2.45) is 5.92 Å². The molecular formula is C12H20N2O3S. The number of carboxylic acids is 1. The summed E-state index contributed by atoms with van der Waals surface area (Å²) in [5.41, 5.74) is 0. The number of likely N-dealkylation sites (tertiary alicyclic amines) is 1. The van der Waals surface area contributed by atoms with Crippen LogP contribution in [0.1, 0.15) is 12.8 Å². The number of carboxylic acid groups (broad SMARTS) is 1. The molecule has 1 saturated heterocycles. The van der Waals surface area contributed by atoms with Gasteiger partial charge in [0.05, 0.1) is 5.92 Å². The van der Waals surface area contributed by atoms with Crippen molar-refractivity contribution >= 4 is 23.8 Å². The summed E-state index contributed by atoms with van der Waals surface area (Å²) in [5.74, 6) is 0.705. The van der Waals surface area contributed by atoms with E-state index in [9.17, 15) is 9.59 Å². The van der Waals surface area contributed by atoms with Crippen molar-refractivity contribution in [3.63, 3.8) is 0 Å². The molecule has 0 aromatic rings. The second kappa shape index (κ2) is 8.02. The van der Waals surface area contributed by atoms with Gasteiger partial charge in [-0.05, 0) is 12.8 Å². The summed E-state index contributed by atoms with van der Waals surface area (Å²) < 4.78 is 0. The van der Waals surface area contributed by atoms with Crippen molar-refractivity contribution in [1.29, 1.82) is 0 Å². The minimum Gasteiger partial charge on any atom is -0.481 e. The van der Waals surface area contributed by atoms with Crippen molar-refractivity contribution < 1.29 is 14.7 Å². The molecule has 0 saturated carbocycles. The Balaban J connectivity index is 2.16. The normalized spacial score (nSPS) is 16.3. The molecule has 1 rings (SSSR count). The van der Waals surface area contributed by atoms with Crippen molar-refractivity contribution in [3.8, 4) is 0 Å². The fraction of sp³-hybridized carbons (Fsp3) is 0.667. The van der Waals surface area contributed by atoms with Crippen molar-refractivity contribution in [2.75, 3.05) is 31.1 Å². The number of nitrogens with one attached hydrogen (secondary N) is 1. The van der Waals surface area contributed by atoms with Gasteiger partial charge in [-0.1, -0.05) is 6.08 Å². The fourth-order valence-corrected chi connectivity index (χ4v) is 2.42. The lowest BCUT2D eigenvalue weighted by Gasteiger charge is -2.30. The molecule has 2 N–H and O–H groups in total. The van der Waals surface area contributed by atoms with Gasteiger partial charge in [-0.3, -0.25) is 4.79 Å². The van der Waals surface area contributed by atoms with Crippen LogP contribution in [-0.4, -0.2) is 53.1 Å². The Morgan fingerprint density at radius 3 is 2.67 bits per heavy atom. The first-order chi connectivity index (χ1) is 8.65. The zero-order valence-electron chi connectivity index (χ0n) is 10.4. The standard InChI is InChI=1S/C12H20N2O3S/c1-2-8-18-9-5-13-12(17)14-6-3-10(4-7-14)11(15)16/h2,10H,1,3-9H2,(H,13,17)(H,15,16). The number of carbonyl (C=O) groups excluding carboxylic acids is 1. The molecule has 1 fully saturated rings. The molecule has 0 radical (unpaired) electrons. The Bertz CT molecular complexity index is 302. The van der Waals surface area contributed by atoms with Crippen LogP contribution >= 0.6 is 11.8 Å². The SMILES string of the molecule is C=CCSCCNC(=O)N1CCC(C(=O)O)CC1. The fourth-order valence-electron chi connectivity index (χ4n) is 1.84. The Labute approximate surface area is 112 Å². The number of hydrogen-bond donors (Lipinski definition) is 2. The van der Waals surface area contributed by atoms with Crippen LogP contribution in [0.3, 0.4) is 0 Å². The largest absolute Gasteiger partial charge is 0.481 e. The van der Waals surface area contributed by atoms with E-state index in [1.54, 1.807) is 16.7 Å². The molecule has 0 unspecified atom stereocenters. The molecule has 1 aliphatic rings. The second-order valence-corrected chi connectivity index (χ2v) is 5.34. The molecule has 0 bridgehead atoms. The van der Waals surface area contributed by atoms with Gasteiger partial charge in [0, 0.05) is 31.1 Å². The smallest absolute Gasteiger partial charge is 0.317 e. The number of hydrogen-bond acceptors (Lipinski definition) is 3. The van der Waals surface area contributed by atoms with E-state index in [2.05, 4.69) is 11.9 Å². The highest BCUT2D eigenvalue weighted by Gasteiger charge is 2.26. The lowest BCUT2D eigenvalue weighted by molar-refractivity contribution is -0.143. The van der Waals surface area contributed by atoms with Gasteiger partial charge in [0.2, 0.25) is 0 Å². The third-order valence-corrected chi connectivity index (χ3v) is 3.85. The lowest BCUT2D eigenvalue weighted by atomic mass is 9.97. The molecule has 1 heterocycles. The van der Waals surface area contributed by atoms with Crippen LogP contribution < -0.4 is 5.32 Å². The molecule has 0 aliphatic carbocycles. The molecule has 5 nitrogen and oxygen atoms in total. The minimum absolute atomic E-state index is 0.0851. The van der Waals surface area contributed by atoms with E-state index in [-0.39, 0.29) is 11.9 Å². The molecule has 0 aromatic heterocycles. The van der Waals surface area contributed by atoms with Crippen LogP contribution in [0, 0.1) is 5.92 Å². The molecule has 0 spiro atoms. The Kier molecular flexibility index (Phi) is 6.64. The Hall–Kier alpha value is -1.17. The highest BCUT2D eigenvalue weighted by atomic mass is 32.2. The number of nitrogens with zero attached hydrogens (tertiary/aromatic N) is 1. The van der Waals surface area contributed by atoms with Gasteiger partial charge in [0.15, 0.2) is 0 Å². The van der Waals surface area contributed by atoms with Gasteiger partial charge in [-0.25, -0.2) is 4.79 Å². The molecule has 0 atom stereocenters. The van der Waals surface area contributed by atoms with Gasteiger partial charge < -0.3 is 15.3 Å². The van der Waals surface area contributed by atoms with Gasteiger partial charge >= 0.3 is 12.0 Å². The second-order valence-electron chi connectivity index (χ2n) is 4.20. The number of rotatable bonds is 6. The van der Waals surface area contributed by atoms with E-state index in [0.29, 0.717) is 32.5 Å². The predicted octanol–water partition coefficient (Wildman–Crippen LogP) is 1.41. The summed E-state index contributed by atoms with van der Waals surface area (Å²) in [7, 11) is 0. The molecule has 6 heteroatoms. The highest BCUT2D eigenvalue weighted by molar-refractivity contribution is 7.99. The summed E-state index contributed by atoms with van der Waals surface area (Å²) in [5, 5.41) is 11.7. The summed E-state index contributed by atoms with van der Waals surface area (Å²) in [6, 6.07) is -0.0851. The van der Waals surface area contributed by atoms with Crippen molar-refractivity contribution in [2.45, 2.75) is 12.8 Å². The van der Waals surface area contributed by atoms with Crippen LogP contribution in [0.25, 0.3) is 0 Å². The number of piperidine rings is 1.